The second-order valence-electron chi connectivity index (χ2n) is 1.54. The Kier molecular flexibility index (Phi) is 4.91. The maximum Gasteiger partial charge on any atom is 0.320 e. The molecule has 0 fully saturated rings. The highest BCUT2D eigenvalue weighted by molar-refractivity contribution is 5.75. The van der Waals surface area contributed by atoms with Crippen molar-refractivity contribution in [1.29, 1.82) is 0 Å². The molecule has 0 spiro atoms. The van der Waals surface area contributed by atoms with Crippen LogP contribution in [-0.2, 0) is 9.53 Å². The Morgan fingerprint density at radius 1 is 1.50 bits per heavy atom. The van der Waals surface area contributed by atoms with Gasteiger partial charge in [-0.3, -0.25) is 4.79 Å². The Balaban J connectivity index is 4.38. The zero-order valence-corrected chi connectivity index (χ0v) is 6.28. The second kappa shape index (κ2) is 5.84. The van der Waals surface area contributed by atoms with Crippen molar-refractivity contribution in [3.8, 4) is 0 Å². The third-order valence-electron chi connectivity index (χ3n) is 0.819. The van der Waals surface area contributed by atoms with Gasteiger partial charge in [-0.15, -0.1) is 0 Å². The minimum atomic E-state index is -1.44. The molecule has 0 radical (unpaired) electrons. The molecule has 0 aliphatic carbocycles. The van der Waals surface area contributed by atoms with Gasteiger partial charge in [-0.05, 0) is 18.0 Å². The van der Waals surface area contributed by atoms with Crippen LogP contribution < -0.4 is 0 Å². The lowest BCUT2D eigenvalue weighted by Crippen LogP contribution is -2.18. The molecule has 0 atom stereocenters. The van der Waals surface area contributed by atoms with Gasteiger partial charge < -0.3 is 4.74 Å². The van der Waals surface area contributed by atoms with Crippen LogP contribution in [0.15, 0.2) is 10.2 Å². The van der Waals surface area contributed by atoms with E-state index in [1.54, 1.807) is 6.92 Å². The molecule has 0 amide bonds. The summed E-state index contributed by atoms with van der Waals surface area (Å²) < 4.78 is 4.44. The molecule has 0 saturated heterocycles. The van der Waals surface area contributed by atoms with Crippen LogP contribution in [-0.4, -0.2) is 18.7 Å². The molecule has 0 bridgehead atoms. The number of carbonyl (C=O) groups excluding carboxylic acids is 1. The Hall–Kier alpha value is -1.91. The highest BCUT2D eigenvalue weighted by atomic mass is 16.5. The summed E-state index contributed by atoms with van der Waals surface area (Å²) in [7, 11) is 0. The molecule has 0 aromatic rings. The third-order valence-corrected chi connectivity index (χ3v) is 0.819. The maximum atomic E-state index is 10.8. The van der Waals surface area contributed by atoms with Gasteiger partial charge in [-0.1, -0.05) is 10.2 Å². The van der Waals surface area contributed by atoms with Crippen LogP contribution in [0.4, 0.5) is 0 Å². The molecule has 0 aromatic carbocycles. The van der Waals surface area contributed by atoms with Crippen LogP contribution in [0.1, 0.15) is 6.92 Å². The molecule has 0 rings (SSSR count). The second-order valence-corrected chi connectivity index (χ2v) is 1.54. The molecule has 0 aliphatic rings. The summed E-state index contributed by atoms with van der Waals surface area (Å²) in [6, 6.07) is 0. The fraction of sp³-hybridized carbons (Fsp3) is 0.750. The zero-order valence-electron chi connectivity index (χ0n) is 6.28. The van der Waals surface area contributed by atoms with Gasteiger partial charge in [-0.2, -0.15) is 0 Å². The lowest BCUT2D eigenvalue weighted by atomic mass is 10.5. The van der Waals surface area contributed by atoms with E-state index in [1.165, 1.54) is 0 Å². The largest absolute Gasteiger partial charge is 0.466 e. The van der Waals surface area contributed by atoms with E-state index in [9.17, 15) is 4.79 Å². The standard InChI is InChI=1S/C4H6N6O2/c1-2-12-4(11)3(7-9-5)8-10-6/h3H,2H2,1H3. The Labute approximate surface area is 67.4 Å². The molecule has 0 aromatic heterocycles. The van der Waals surface area contributed by atoms with Gasteiger partial charge in [0.15, 0.2) is 0 Å². The number of hydrogen-bond acceptors (Lipinski definition) is 4. The van der Waals surface area contributed by atoms with E-state index in [2.05, 4.69) is 24.8 Å². The van der Waals surface area contributed by atoms with Crippen molar-refractivity contribution in [2.75, 3.05) is 6.61 Å². The normalized spacial score (nSPS) is 10.4. The summed E-state index contributed by atoms with van der Waals surface area (Å²) in [5.41, 5.74) is 15.9. The highest BCUT2D eigenvalue weighted by Gasteiger charge is 2.15. The van der Waals surface area contributed by atoms with Gasteiger partial charge in [0.05, 0.1) is 6.61 Å². The molecular weight excluding hydrogens is 164 g/mol. The van der Waals surface area contributed by atoms with E-state index >= 15 is 0 Å². The minimum Gasteiger partial charge on any atom is -0.466 e. The van der Waals surface area contributed by atoms with Crippen molar-refractivity contribution >= 4 is 5.97 Å². The van der Waals surface area contributed by atoms with Crippen LogP contribution >= 0.6 is 0 Å². The maximum absolute atomic E-state index is 10.8. The van der Waals surface area contributed by atoms with Crippen molar-refractivity contribution in [2.24, 2.45) is 10.2 Å². The Morgan fingerprint density at radius 3 is 2.33 bits per heavy atom. The number of nitrogens with zero attached hydrogens (tertiary/aromatic N) is 6. The van der Waals surface area contributed by atoms with E-state index in [0.29, 0.717) is 0 Å². The van der Waals surface area contributed by atoms with Crippen LogP contribution in [0, 0.1) is 0 Å². The molecule has 0 aliphatic heterocycles. The highest BCUT2D eigenvalue weighted by Crippen LogP contribution is 1.97. The zero-order chi connectivity index (χ0) is 9.40. The number of ether oxygens (including phenoxy) is 1. The Bertz CT molecular complexity index is 232. The first kappa shape index (κ1) is 10.1. The SMILES string of the molecule is CCOC(=O)C(N=[N+]=[N-])N=[N+]=[N-]. The van der Waals surface area contributed by atoms with Crippen molar-refractivity contribution in [2.45, 2.75) is 13.1 Å². The third kappa shape index (κ3) is 3.31. The van der Waals surface area contributed by atoms with Crippen LogP contribution in [0.3, 0.4) is 0 Å². The van der Waals surface area contributed by atoms with E-state index in [0.717, 1.165) is 0 Å². The molecule has 64 valence electrons. The van der Waals surface area contributed by atoms with Gasteiger partial charge in [0.25, 0.3) is 0 Å². The van der Waals surface area contributed by atoms with Crippen molar-refractivity contribution in [3.63, 3.8) is 0 Å². The summed E-state index contributed by atoms with van der Waals surface area (Å²) >= 11 is 0. The van der Waals surface area contributed by atoms with Gasteiger partial charge in [0.1, 0.15) is 0 Å². The Morgan fingerprint density at radius 2 is 2.00 bits per heavy atom. The van der Waals surface area contributed by atoms with Gasteiger partial charge in [-0.25, -0.2) is 0 Å². The van der Waals surface area contributed by atoms with Crippen molar-refractivity contribution in [1.82, 2.24) is 0 Å². The van der Waals surface area contributed by atoms with E-state index in [1.807, 2.05) is 0 Å². The van der Waals surface area contributed by atoms with E-state index in [-0.39, 0.29) is 6.61 Å². The molecule has 0 unspecified atom stereocenters. The first-order valence-electron chi connectivity index (χ1n) is 3.01. The summed E-state index contributed by atoms with van der Waals surface area (Å²) in [5.74, 6) is -0.854. The molecule has 8 heteroatoms. The van der Waals surface area contributed by atoms with Crippen LogP contribution in [0.5, 0.6) is 0 Å². The fourth-order valence-corrected chi connectivity index (χ4v) is 0.432. The summed E-state index contributed by atoms with van der Waals surface area (Å²) in [6.45, 7) is 1.72. The summed E-state index contributed by atoms with van der Waals surface area (Å²) in [4.78, 5) is 15.4. The van der Waals surface area contributed by atoms with E-state index in [4.69, 9.17) is 11.1 Å². The van der Waals surface area contributed by atoms with Gasteiger partial charge in [0.2, 0.25) is 6.17 Å². The molecule has 0 saturated carbocycles. The molecule has 8 nitrogen and oxygen atoms in total. The number of azide groups is 1. The number of hydrogen-bond donors (Lipinski definition) is 0. The van der Waals surface area contributed by atoms with Crippen LogP contribution in [0.2, 0.25) is 0 Å². The quantitative estimate of drug-likeness (QED) is 0.274. The minimum absolute atomic E-state index is 0.136. The first-order valence-corrected chi connectivity index (χ1v) is 3.01. The number of carbonyl (C=O) groups is 1. The lowest BCUT2D eigenvalue weighted by molar-refractivity contribution is -0.144. The molecule has 12 heavy (non-hydrogen) atoms. The summed E-state index contributed by atoms with van der Waals surface area (Å²) in [6.07, 6.45) is -1.44. The van der Waals surface area contributed by atoms with Gasteiger partial charge in [0, 0.05) is 9.82 Å². The fourth-order valence-electron chi connectivity index (χ4n) is 0.432. The predicted molar refractivity (Wildman–Crippen MR) is 38.7 cm³/mol. The lowest BCUT2D eigenvalue weighted by Gasteiger charge is -2.02. The monoisotopic (exact) mass is 170 g/mol. The van der Waals surface area contributed by atoms with Crippen molar-refractivity contribution < 1.29 is 9.53 Å². The molecule has 0 heterocycles. The topological polar surface area (TPSA) is 124 Å². The first-order chi connectivity index (χ1) is 5.76. The number of rotatable bonds is 4. The average Bonchev–Trinajstić information content (AvgIpc) is 2.04. The number of esters is 1. The van der Waals surface area contributed by atoms with E-state index < -0.39 is 12.1 Å². The van der Waals surface area contributed by atoms with Crippen molar-refractivity contribution in [3.05, 3.63) is 20.9 Å². The van der Waals surface area contributed by atoms with Crippen LogP contribution in [0.25, 0.3) is 20.9 Å². The molecular formula is C4H6N6O2. The average molecular weight is 170 g/mol. The smallest absolute Gasteiger partial charge is 0.320 e. The predicted octanol–water partition coefficient (Wildman–Crippen LogP) is 1.50. The van der Waals surface area contributed by atoms with Gasteiger partial charge >= 0.3 is 5.97 Å². The summed E-state index contributed by atoms with van der Waals surface area (Å²) in [5, 5.41) is 5.84. The molecule has 0 N–H and O–H groups in total.